The molecule has 1 N–H and O–H groups in total. The van der Waals surface area contributed by atoms with Crippen LogP contribution >= 0.6 is 0 Å². The van der Waals surface area contributed by atoms with Gasteiger partial charge in [0.25, 0.3) is 0 Å². The third-order valence-corrected chi connectivity index (χ3v) is 5.22. The van der Waals surface area contributed by atoms with Crippen LogP contribution in [0.2, 0.25) is 0 Å². The molecule has 2 rings (SSSR count). The van der Waals surface area contributed by atoms with E-state index in [0.29, 0.717) is 31.5 Å². The summed E-state index contributed by atoms with van der Waals surface area (Å²) in [5.41, 5.74) is 1.01. The minimum absolute atomic E-state index is 0.0818. The molecule has 1 atom stereocenters. The summed E-state index contributed by atoms with van der Waals surface area (Å²) >= 11 is 0. The van der Waals surface area contributed by atoms with Crippen LogP contribution < -0.4 is 10.1 Å². The fraction of sp³-hybridized carbons (Fsp3) is 0.667. The topological polar surface area (TPSA) is 50.8 Å². The van der Waals surface area contributed by atoms with Crippen molar-refractivity contribution < 1.29 is 14.3 Å². The smallest absolute Gasteiger partial charge is 0.224 e. The number of ether oxygens (including phenoxy) is 2. The van der Waals surface area contributed by atoms with Crippen molar-refractivity contribution in [2.45, 2.75) is 46.1 Å². The zero-order valence-corrected chi connectivity index (χ0v) is 16.5. The first kappa shape index (κ1) is 20.7. The van der Waals surface area contributed by atoms with Crippen LogP contribution in [0.15, 0.2) is 24.3 Å². The lowest BCUT2D eigenvalue weighted by Gasteiger charge is -2.38. The van der Waals surface area contributed by atoms with Gasteiger partial charge in [-0.1, -0.05) is 38.8 Å². The van der Waals surface area contributed by atoms with Crippen molar-refractivity contribution in [2.75, 3.05) is 39.5 Å². The minimum atomic E-state index is 0.0818. The highest BCUT2D eigenvalue weighted by Crippen LogP contribution is 2.19. The third kappa shape index (κ3) is 6.29. The van der Waals surface area contributed by atoms with Crippen LogP contribution in [0, 0.1) is 5.92 Å². The Labute approximate surface area is 158 Å². The number of hydrogen-bond acceptors (Lipinski definition) is 4. The van der Waals surface area contributed by atoms with Gasteiger partial charge >= 0.3 is 0 Å². The molecule has 1 fully saturated rings. The number of benzene rings is 1. The number of carbonyl (C=O) groups excluding carboxylic acids is 1. The molecular weight excluding hydrogens is 328 g/mol. The van der Waals surface area contributed by atoms with Crippen molar-refractivity contribution in [2.24, 2.45) is 5.92 Å². The lowest BCUT2D eigenvalue weighted by Crippen LogP contribution is -2.52. The number of morpholine rings is 1. The number of carbonyl (C=O) groups is 1. The highest BCUT2D eigenvalue weighted by atomic mass is 16.5. The van der Waals surface area contributed by atoms with Crippen molar-refractivity contribution in [1.82, 2.24) is 10.2 Å². The third-order valence-electron chi connectivity index (χ3n) is 5.22. The number of rotatable bonds is 10. The molecule has 1 amide bonds. The summed E-state index contributed by atoms with van der Waals surface area (Å²) in [5, 5.41) is 3.16. The SMILES string of the molecule is CCOc1ccc(CC(=O)NCC(C(CC)CC)N2CCOCC2)cc1. The molecule has 1 unspecified atom stereocenters. The second-order valence-electron chi connectivity index (χ2n) is 6.85. The molecule has 0 saturated carbocycles. The van der Waals surface area contributed by atoms with Crippen LogP contribution in [0.3, 0.4) is 0 Å². The number of hydrogen-bond donors (Lipinski definition) is 1. The van der Waals surface area contributed by atoms with Crippen LogP contribution in [-0.4, -0.2) is 56.3 Å². The Morgan fingerprint density at radius 2 is 1.81 bits per heavy atom. The number of amides is 1. The summed E-state index contributed by atoms with van der Waals surface area (Å²) in [7, 11) is 0. The zero-order chi connectivity index (χ0) is 18.8. The van der Waals surface area contributed by atoms with Gasteiger partial charge in [0, 0.05) is 25.7 Å². The predicted octanol–water partition coefficient (Wildman–Crippen LogP) is 2.88. The second kappa shape index (κ2) is 11.2. The molecule has 0 spiro atoms. The molecule has 1 aliphatic rings. The Balaban J connectivity index is 1.88. The Hall–Kier alpha value is -1.59. The fourth-order valence-electron chi connectivity index (χ4n) is 3.67. The molecule has 5 nitrogen and oxygen atoms in total. The highest BCUT2D eigenvalue weighted by Gasteiger charge is 2.27. The van der Waals surface area contributed by atoms with E-state index in [1.165, 1.54) is 0 Å². The van der Waals surface area contributed by atoms with Crippen molar-refractivity contribution >= 4 is 5.91 Å². The van der Waals surface area contributed by atoms with Crippen LogP contribution in [0.4, 0.5) is 0 Å². The first-order chi connectivity index (χ1) is 12.7. The fourth-order valence-corrected chi connectivity index (χ4v) is 3.67. The maximum Gasteiger partial charge on any atom is 0.224 e. The summed E-state index contributed by atoms with van der Waals surface area (Å²) in [6.07, 6.45) is 2.67. The van der Waals surface area contributed by atoms with Gasteiger partial charge < -0.3 is 14.8 Å². The van der Waals surface area contributed by atoms with E-state index in [9.17, 15) is 4.79 Å². The normalized spacial score (nSPS) is 16.5. The van der Waals surface area contributed by atoms with Gasteiger partial charge in [0.2, 0.25) is 5.91 Å². The standard InChI is InChI=1S/C21H34N2O3/c1-4-18(5-2)20(23-11-13-25-14-12-23)16-22-21(24)15-17-7-9-19(10-8-17)26-6-3/h7-10,18,20H,4-6,11-16H2,1-3H3,(H,22,24). The average Bonchev–Trinajstić information content (AvgIpc) is 2.67. The molecule has 5 heteroatoms. The van der Waals surface area contributed by atoms with Gasteiger partial charge in [0.15, 0.2) is 0 Å². The van der Waals surface area contributed by atoms with Crippen LogP contribution in [0.1, 0.15) is 39.2 Å². The molecule has 1 heterocycles. The summed E-state index contributed by atoms with van der Waals surface area (Å²) in [6, 6.07) is 8.16. The monoisotopic (exact) mass is 362 g/mol. The van der Waals surface area contributed by atoms with Crippen LogP contribution in [0.25, 0.3) is 0 Å². The van der Waals surface area contributed by atoms with Gasteiger partial charge in [-0.25, -0.2) is 0 Å². The number of nitrogens with one attached hydrogen (secondary N) is 1. The Morgan fingerprint density at radius 3 is 2.38 bits per heavy atom. The van der Waals surface area contributed by atoms with E-state index in [1.54, 1.807) is 0 Å². The first-order valence-corrected chi connectivity index (χ1v) is 9.98. The molecule has 0 radical (unpaired) electrons. The van der Waals surface area contributed by atoms with Crippen LogP contribution in [0.5, 0.6) is 5.75 Å². The molecule has 0 aliphatic carbocycles. The van der Waals surface area contributed by atoms with E-state index < -0.39 is 0 Å². The maximum atomic E-state index is 12.4. The Kier molecular flexibility index (Phi) is 8.92. The molecule has 146 valence electrons. The molecule has 1 aliphatic heterocycles. The molecule has 1 aromatic rings. The average molecular weight is 363 g/mol. The maximum absolute atomic E-state index is 12.4. The van der Waals surface area contributed by atoms with Gasteiger partial charge in [0.05, 0.1) is 26.2 Å². The molecule has 1 aromatic carbocycles. The number of nitrogens with zero attached hydrogens (tertiary/aromatic N) is 1. The van der Waals surface area contributed by atoms with Gasteiger partial charge in [-0.3, -0.25) is 9.69 Å². The molecule has 26 heavy (non-hydrogen) atoms. The van der Waals surface area contributed by atoms with Gasteiger partial charge in [-0.15, -0.1) is 0 Å². The lowest BCUT2D eigenvalue weighted by molar-refractivity contribution is -0.121. The largest absolute Gasteiger partial charge is 0.494 e. The summed E-state index contributed by atoms with van der Waals surface area (Å²) < 4.78 is 10.9. The Bertz CT molecular complexity index is 523. The molecule has 0 bridgehead atoms. The summed E-state index contributed by atoms with van der Waals surface area (Å²) in [6.45, 7) is 11.3. The quantitative estimate of drug-likeness (QED) is 0.695. The highest BCUT2D eigenvalue weighted by molar-refractivity contribution is 5.78. The van der Waals surface area contributed by atoms with Gasteiger partial charge in [-0.2, -0.15) is 0 Å². The van der Waals surface area contributed by atoms with E-state index in [1.807, 2.05) is 31.2 Å². The molecular formula is C21H34N2O3. The van der Waals surface area contributed by atoms with Crippen LogP contribution in [-0.2, 0) is 16.0 Å². The second-order valence-corrected chi connectivity index (χ2v) is 6.85. The van der Waals surface area contributed by atoms with E-state index >= 15 is 0 Å². The van der Waals surface area contributed by atoms with Crippen molar-refractivity contribution in [3.05, 3.63) is 29.8 Å². The zero-order valence-electron chi connectivity index (χ0n) is 16.5. The molecule has 0 aromatic heterocycles. The van der Waals surface area contributed by atoms with E-state index in [-0.39, 0.29) is 5.91 Å². The summed E-state index contributed by atoms with van der Waals surface area (Å²) in [4.78, 5) is 14.9. The van der Waals surface area contributed by atoms with Gasteiger partial charge in [0.1, 0.15) is 5.75 Å². The van der Waals surface area contributed by atoms with E-state index in [0.717, 1.165) is 50.5 Å². The minimum Gasteiger partial charge on any atom is -0.494 e. The van der Waals surface area contributed by atoms with Crippen molar-refractivity contribution in [3.63, 3.8) is 0 Å². The first-order valence-electron chi connectivity index (χ1n) is 9.98. The van der Waals surface area contributed by atoms with E-state index in [4.69, 9.17) is 9.47 Å². The Morgan fingerprint density at radius 1 is 1.15 bits per heavy atom. The van der Waals surface area contributed by atoms with Crippen molar-refractivity contribution in [3.8, 4) is 5.75 Å². The van der Waals surface area contributed by atoms with Gasteiger partial charge in [-0.05, 0) is 30.5 Å². The molecule has 1 saturated heterocycles. The van der Waals surface area contributed by atoms with E-state index in [2.05, 4.69) is 24.1 Å². The predicted molar refractivity (Wildman–Crippen MR) is 105 cm³/mol. The summed E-state index contributed by atoms with van der Waals surface area (Å²) in [5.74, 6) is 1.52. The lowest BCUT2D eigenvalue weighted by atomic mass is 9.92. The van der Waals surface area contributed by atoms with Crippen molar-refractivity contribution in [1.29, 1.82) is 0 Å².